The third-order valence-corrected chi connectivity index (χ3v) is 5.30. The molecule has 2 aromatic carbocycles. The highest BCUT2D eigenvalue weighted by Crippen LogP contribution is 2.27. The molecule has 1 N–H and O–H groups in total. The molecule has 32 heavy (non-hydrogen) atoms. The van der Waals surface area contributed by atoms with Crippen molar-refractivity contribution in [3.05, 3.63) is 103 Å². The third kappa shape index (κ3) is 4.03. The summed E-state index contributed by atoms with van der Waals surface area (Å²) in [7, 11) is 0. The van der Waals surface area contributed by atoms with Crippen LogP contribution in [0.2, 0.25) is 0 Å². The van der Waals surface area contributed by atoms with E-state index in [0.29, 0.717) is 23.6 Å². The van der Waals surface area contributed by atoms with Crippen molar-refractivity contribution in [1.82, 2.24) is 19.9 Å². The first-order chi connectivity index (χ1) is 15.7. The molecule has 0 unspecified atom stereocenters. The van der Waals surface area contributed by atoms with E-state index in [9.17, 15) is 4.39 Å². The van der Waals surface area contributed by atoms with Crippen molar-refractivity contribution >= 4 is 16.6 Å². The van der Waals surface area contributed by atoms with Crippen LogP contribution in [-0.4, -0.2) is 19.9 Å². The van der Waals surface area contributed by atoms with Crippen molar-refractivity contribution in [3.8, 4) is 22.5 Å². The summed E-state index contributed by atoms with van der Waals surface area (Å²) in [6, 6.07) is 17.1. The molecule has 0 fully saturated rings. The molecule has 156 valence electrons. The van der Waals surface area contributed by atoms with Gasteiger partial charge in [0, 0.05) is 42.3 Å². The zero-order valence-electron chi connectivity index (χ0n) is 17.5. The van der Waals surface area contributed by atoms with Crippen LogP contribution in [0.3, 0.4) is 0 Å². The van der Waals surface area contributed by atoms with E-state index in [4.69, 9.17) is 0 Å². The average Bonchev–Trinajstić information content (AvgIpc) is 2.83. The van der Waals surface area contributed by atoms with Gasteiger partial charge in [0.1, 0.15) is 17.3 Å². The fourth-order valence-electron chi connectivity index (χ4n) is 3.68. The molecular formula is C26H20FN5. The molecule has 0 atom stereocenters. The fraction of sp³-hybridized carbons (Fsp3) is 0.0769. The number of fused-ring (bicyclic) bond motifs is 1. The third-order valence-electron chi connectivity index (χ3n) is 5.30. The standard InChI is InChI=1S/C26H20FN5/c1-17-3-2-4-19(11-17)21-6-5-18(12-23(21)27)14-32-26-22-15-31-24(13-20(22)7-8-30-26)25-16-28-9-10-29-25/h2-13,15-16H,14H2,1H3,(H,30,32). The maximum absolute atomic E-state index is 14.8. The molecule has 0 saturated carbocycles. The van der Waals surface area contributed by atoms with E-state index in [2.05, 4.69) is 25.3 Å². The van der Waals surface area contributed by atoms with Crippen LogP contribution in [0.4, 0.5) is 10.2 Å². The second-order valence-electron chi connectivity index (χ2n) is 7.58. The smallest absolute Gasteiger partial charge is 0.135 e. The number of aryl methyl sites for hydroxylation is 1. The molecule has 5 rings (SSSR count). The summed E-state index contributed by atoms with van der Waals surface area (Å²) >= 11 is 0. The van der Waals surface area contributed by atoms with Gasteiger partial charge >= 0.3 is 0 Å². The number of hydrogen-bond donors (Lipinski definition) is 1. The van der Waals surface area contributed by atoms with Crippen molar-refractivity contribution in [2.75, 3.05) is 5.32 Å². The Hall–Kier alpha value is -4.19. The number of pyridine rings is 2. The Morgan fingerprint density at radius 1 is 0.844 bits per heavy atom. The van der Waals surface area contributed by atoms with Crippen LogP contribution in [0.5, 0.6) is 0 Å². The van der Waals surface area contributed by atoms with E-state index in [1.54, 1.807) is 37.1 Å². The number of halogens is 1. The summed E-state index contributed by atoms with van der Waals surface area (Å²) in [4.78, 5) is 17.4. The summed E-state index contributed by atoms with van der Waals surface area (Å²) < 4.78 is 14.8. The second kappa shape index (κ2) is 8.51. The van der Waals surface area contributed by atoms with E-state index >= 15 is 0 Å². The zero-order valence-corrected chi connectivity index (χ0v) is 17.5. The molecule has 0 saturated heterocycles. The Kier molecular flexibility index (Phi) is 5.25. The van der Waals surface area contributed by atoms with Gasteiger partial charge in [0.15, 0.2) is 0 Å². The molecule has 0 spiro atoms. The first-order valence-electron chi connectivity index (χ1n) is 10.3. The Morgan fingerprint density at radius 3 is 2.59 bits per heavy atom. The molecule has 0 aliphatic rings. The summed E-state index contributed by atoms with van der Waals surface area (Å²) in [6.45, 7) is 2.45. The molecule has 0 bridgehead atoms. The summed E-state index contributed by atoms with van der Waals surface area (Å²) in [5, 5.41) is 5.18. The lowest BCUT2D eigenvalue weighted by atomic mass is 10.0. The van der Waals surface area contributed by atoms with E-state index < -0.39 is 0 Å². The van der Waals surface area contributed by atoms with E-state index in [0.717, 1.165) is 33.2 Å². The highest BCUT2D eigenvalue weighted by Gasteiger charge is 2.09. The van der Waals surface area contributed by atoms with Gasteiger partial charge in [-0.2, -0.15) is 0 Å². The first-order valence-corrected chi connectivity index (χ1v) is 10.3. The normalized spacial score (nSPS) is 10.9. The van der Waals surface area contributed by atoms with Gasteiger partial charge in [-0.05, 0) is 41.6 Å². The van der Waals surface area contributed by atoms with E-state index in [1.165, 1.54) is 0 Å². The van der Waals surface area contributed by atoms with Gasteiger partial charge in [0.2, 0.25) is 0 Å². The van der Waals surface area contributed by atoms with Crippen LogP contribution < -0.4 is 5.32 Å². The van der Waals surface area contributed by atoms with Crippen molar-refractivity contribution in [2.24, 2.45) is 0 Å². The minimum Gasteiger partial charge on any atom is -0.365 e. The molecule has 3 heterocycles. The average molecular weight is 421 g/mol. The Bertz CT molecular complexity index is 1400. The van der Waals surface area contributed by atoms with Crippen molar-refractivity contribution < 1.29 is 4.39 Å². The van der Waals surface area contributed by atoms with Crippen LogP contribution in [0.25, 0.3) is 33.3 Å². The van der Waals surface area contributed by atoms with Gasteiger partial charge in [0.25, 0.3) is 0 Å². The highest BCUT2D eigenvalue weighted by molar-refractivity contribution is 5.92. The lowest BCUT2D eigenvalue weighted by molar-refractivity contribution is 0.629. The summed E-state index contributed by atoms with van der Waals surface area (Å²) in [6.07, 6.45) is 8.48. The maximum Gasteiger partial charge on any atom is 0.135 e. The summed E-state index contributed by atoms with van der Waals surface area (Å²) in [5.74, 6) is 0.458. The topological polar surface area (TPSA) is 63.6 Å². The van der Waals surface area contributed by atoms with Gasteiger partial charge in [-0.25, -0.2) is 9.37 Å². The van der Waals surface area contributed by atoms with Crippen LogP contribution in [0, 0.1) is 12.7 Å². The SMILES string of the molecule is Cc1cccc(-c2ccc(CNc3nccc4cc(-c5cnccn5)ncc34)cc2F)c1. The molecule has 6 heteroatoms. The molecule has 0 amide bonds. The monoisotopic (exact) mass is 421 g/mol. The van der Waals surface area contributed by atoms with Crippen molar-refractivity contribution in [1.29, 1.82) is 0 Å². The molecule has 0 radical (unpaired) electrons. The summed E-state index contributed by atoms with van der Waals surface area (Å²) in [5.41, 5.74) is 4.87. The quantitative estimate of drug-likeness (QED) is 0.388. The van der Waals surface area contributed by atoms with Gasteiger partial charge < -0.3 is 5.32 Å². The first kappa shape index (κ1) is 19.8. The van der Waals surface area contributed by atoms with E-state index in [1.807, 2.05) is 55.5 Å². The zero-order chi connectivity index (χ0) is 21.9. The largest absolute Gasteiger partial charge is 0.365 e. The number of rotatable bonds is 5. The number of nitrogens with zero attached hydrogens (tertiary/aromatic N) is 4. The minimum atomic E-state index is -0.240. The van der Waals surface area contributed by atoms with Gasteiger partial charge in [-0.1, -0.05) is 42.0 Å². The Labute approximate surface area is 185 Å². The van der Waals surface area contributed by atoms with Crippen molar-refractivity contribution in [3.63, 3.8) is 0 Å². The Balaban J connectivity index is 1.38. The van der Waals surface area contributed by atoms with Crippen LogP contribution in [0.1, 0.15) is 11.1 Å². The van der Waals surface area contributed by atoms with E-state index in [-0.39, 0.29) is 5.82 Å². The number of nitrogens with one attached hydrogen (secondary N) is 1. The Morgan fingerprint density at radius 2 is 1.78 bits per heavy atom. The molecular weight excluding hydrogens is 401 g/mol. The van der Waals surface area contributed by atoms with Gasteiger partial charge in [0.05, 0.1) is 11.9 Å². The number of benzene rings is 2. The molecule has 0 aliphatic heterocycles. The number of aromatic nitrogens is 4. The lowest BCUT2D eigenvalue weighted by Crippen LogP contribution is -2.03. The minimum absolute atomic E-state index is 0.240. The molecule has 0 aliphatic carbocycles. The van der Waals surface area contributed by atoms with Gasteiger partial charge in [-0.15, -0.1) is 0 Å². The predicted octanol–water partition coefficient (Wildman–Crippen LogP) is 5.81. The predicted molar refractivity (Wildman–Crippen MR) is 124 cm³/mol. The maximum atomic E-state index is 14.8. The molecule has 3 aromatic heterocycles. The van der Waals surface area contributed by atoms with Crippen LogP contribution >= 0.6 is 0 Å². The number of hydrogen-bond acceptors (Lipinski definition) is 5. The second-order valence-corrected chi connectivity index (χ2v) is 7.58. The number of anilines is 1. The molecule has 5 aromatic rings. The highest BCUT2D eigenvalue weighted by atomic mass is 19.1. The lowest BCUT2D eigenvalue weighted by Gasteiger charge is -2.11. The van der Waals surface area contributed by atoms with Gasteiger partial charge in [-0.3, -0.25) is 15.0 Å². The van der Waals surface area contributed by atoms with Crippen LogP contribution in [-0.2, 0) is 6.54 Å². The van der Waals surface area contributed by atoms with Crippen molar-refractivity contribution in [2.45, 2.75) is 13.5 Å². The van der Waals surface area contributed by atoms with Crippen LogP contribution in [0.15, 0.2) is 85.6 Å². The molecule has 5 nitrogen and oxygen atoms in total. The fourth-order valence-corrected chi connectivity index (χ4v) is 3.68.